The van der Waals surface area contributed by atoms with Gasteiger partial charge in [0.15, 0.2) is 5.17 Å². The van der Waals surface area contributed by atoms with Crippen LogP contribution in [0, 0.1) is 0 Å². The van der Waals surface area contributed by atoms with Crippen LogP contribution in [0.5, 0.6) is 0 Å². The first-order chi connectivity index (χ1) is 8.86. The number of hydrogen-bond donors (Lipinski definition) is 1. The Balaban J connectivity index is 1.51. The number of thioether (sulfide) groups is 1. The standard InChI is InChI=1S/C12H20N2O3S/c1-3-15-4-2-12(1)9-18-11(14-12)13-7-10-8-16-5-6-17-10/h10H,1-9H2,(H,13,14). The topological polar surface area (TPSA) is 52.1 Å². The Morgan fingerprint density at radius 2 is 2.11 bits per heavy atom. The molecule has 0 radical (unpaired) electrons. The van der Waals surface area contributed by atoms with Crippen molar-refractivity contribution in [1.82, 2.24) is 5.32 Å². The van der Waals surface area contributed by atoms with E-state index in [0.29, 0.717) is 26.4 Å². The Labute approximate surface area is 112 Å². The summed E-state index contributed by atoms with van der Waals surface area (Å²) in [5.41, 5.74) is 0.228. The van der Waals surface area contributed by atoms with E-state index in [1.54, 1.807) is 0 Å². The molecule has 0 amide bonds. The number of amidine groups is 1. The van der Waals surface area contributed by atoms with Crippen LogP contribution in [0.25, 0.3) is 0 Å². The highest BCUT2D eigenvalue weighted by molar-refractivity contribution is 8.14. The summed E-state index contributed by atoms with van der Waals surface area (Å²) in [5.74, 6) is 1.11. The summed E-state index contributed by atoms with van der Waals surface area (Å²) in [6.07, 6.45) is 2.30. The van der Waals surface area contributed by atoms with Gasteiger partial charge in [-0.15, -0.1) is 0 Å². The van der Waals surface area contributed by atoms with Gasteiger partial charge in [-0.25, -0.2) is 0 Å². The van der Waals surface area contributed by atoms with E-state index < -0.39 is 0 Å². The van der Waals surface area contributed by atoms with Gasteiger partial charge >= 0.3 is 0 Å². The highest BCUT2D eigenvalue weighted by Crippen LogP contribution is 2.31. The molecule has 0 aromatic heterocycles. The summed E-state index contributed by atoms with van der Waals surface area (Å²) in [6.45, 7) is 4.49. The summed E-state index contributed by atoms with van der Waals surface area (Å²) >= 11 is 1.82. The monoisotopic (exact) mass is 272 g/mol. The minimum absolute atomic E-state index is 0.125. The van der Waals surface area contributed by atoms with Gasteiger partial charge in [0, 0.05) is 19.0 Å². The molecular formula is C12H20N2O3S. The molecule has 0 aromatic rings. The first kappa shape index (κ1) is 12.7. The number of rotatable bonds is 2. The van der Waals surface area contributed by atoms with Crippen LogP contribution in [0.15, 0.2) is 4.99 Å². The Bertz CT molecular complexity index is 312. The van der Waals surface area contributed by atoms with E-state index >= 15 is 0 Å². The lowest BCUT2D eigenvalue weighted by molar-refractivity contribution is -0.0832. The third-order valence-corrected chi connectivity index (χ3v) is 4.83. The van der Waals surface area contributed by atoms with Crippen molar-refractivity contribution in [3.05, 3.63) is 0 Å². The fourth-order valence-electron chi connectivity index (χ4n) is 2.45. The van der Waals surface area contributed by atoms with Crippen molar-refractivity contribution in [2.45, 2.75) is 24.5 Å². The Morgan fingerprint density at radius 3 is 2.89 bits per heavy atom. The van der Waals surface area contributed by atoms with Gasteiger partial charge in [-0.05, 0) is 12.8 Å². The molecule has 0 saturated carbocycles. The predicted octanol–water partition coefficient (Wildman–Crippen LogP) is 0.643. The average molecular weight is 272 g/mol. The number of hydrogen-bond acceptors (Lipinski definition) is 5. The molecule has 3 saturated heterocycles. The fraction of sp³-hybridized carbons (Fsp3) is 0.917. The molecule has 1 unspecified atom stereocenters. The van der Waals surface area contributed by atoms with Gasteiger partial charge in [0.2, 0.25) is 0 Å². The highest BCUT2D eigenvalue weighted by Gasteiger charge is 2.38. The van der Waals surface area contributed by atoms with Gasteiger partial charge in [-0.2, -0.15) is 0 Å². The van der Waals surface area contributed by atoms with Crippen LogP contribution >= 0.6 is 11.8 Å². The Hall–Kier alpha value is -0.300. The van der Waals surface area contributed by atoms with Crippen LogP contribution in [0.3, 0.4) is 0 Å². The molecule has 3 fully saturated rings. The van der Waals surface area contributed by atoms with Crippen LogP contribution in [-0.2, 0) is 14.2 Å². The van der Waals surface area contributed by atoms with E-state index in [9.17, 15) is 0 Å². The molecule has 1 N–H and O–H groups in total. The van der Waals surface area contributed by atoms with Crippen molar-refractivity contribution in [3.8, 4) is 0 Å². The lowest BCUT2D eigenvalue weighted by Crippen LogP contribution is -2.48. The zero-order chi connectivity index (χ0) is 12.3. The first-order valence-electron chi connectivity index (χ1n) is 6.59. The normalized spacial score (nSPS) is 33.8. The summed E-state index contributed by atoms with van der Waals surface area (Å²) in [5, 5.41) is 4.64. The second kappa shape index (κ2) is 5.77. The molecule has 3 rings (SSSR count). The summed E-state index contributed by atoms with van der Waals surface area (Å²) in [6, 6.07) is 0. The summed E-state index contributed by atoms with van der Waals surface area (Å²) < 4.78 is 16.4. The van der Waals surface area contributed by atoms with Crippen molar-refractivity contribution in [3.63, 3.8) is 0 Å². The molecule has 5 nitrogen and oxygen atoms in total. The molecular weight excluding hydrogens is 252 g/mol. The lowest BCUT2D eigenvalue weighted by Gasteiger charge is -2.32. The lowest BCUT2D eigenvalue weighted by atomic mass is 9.93. The van der Waals surface area contributed by atoms with Gasteiger partial charge < -0.3 is 19.5 Å². The quantitative estimate of drug-likeness (QED) is 0.799. The number of nitrogens with zero attached hydrogens (tertiary/aromatic N) is 1. The number of aliphatic imine (C=N–C) groups is 1. The Kier molecular flexibility index (Phi) is 4.08. The SMILES string of the molecule is C1CC2(CCO1)CSC(=NCC1COCCO1)N2. The van der Waals surface area contributed by atoms with E-state index in [0.717, 1.165) is 37.0 Å². The highest BCUT2D eigenvalue weighted by atomic mass is 32.2. The molecule has 3 aliphatic rings. The minimum Gasteiger partial charge on any atom is -0.381 e. The van der Waals surface area contributed by atoms with E-state index in [-0.39, 0.29) is 11.6 Å². The van der Waals surface area contributed by atoms with E-state index in [1.807, 2.05) is 11.8 Å². The second-order valence-electron chi connectivity index (χ2n) is 5.02. The van der Waals surface area contributed by atoms with Gasteiger partial charge in [0.25, 0.3) is 0 Å². The maximum absolute atomic E-state index is 5.59. The van der Waals surface area contributed by atoms with E-state index in [4.69, 9.17) is 14.2 Å². The van der Waals surface area contributed by atoms with E-state index in [2.05, 4.69) is 10.3 Å². The zero-order valence-corrected chi connectivity index (χ0v) is 11.3. The summed E-state index contributed by atoms with van der Waals surface area (Å²) in [4.78, 5) is 4.62. The van der Waals surface area contributed by atoms with Crippen molar-refractivity contribution in [1.29, 1.82) is 0 Å². The van der Waals surface area contributed by atoms with Crippen LogP contribution < -0.4 is 5.32 Å². The molecule has 102 valence electrons. The molecule has 3 aliphatic heterocycles. The minimum atomic E-state index is 0.125. The third kappa shape index (κ3) is 2.99. The maximum Gasteiger partial charge on any atom is 0.157 e. The van der Waals surface area contributed by atoms with Crippen LogP contribution in [-0.4, -0.2) is 62.1 Å². The van der Waals surface area contributed by atoms with E-state index in [1.165, 1.54) is 0 Å². The smallest absolute Gasteiger partial charge is 0.157 e. The first-order valence-corrected chi connectivity index (χ1v) is 7.57. The predicted molar refractivity (Wildman–Crippen MR) is 71.2 cm³/mol. The van der Waals surface area contributed by atoms with Crippen molar-refractivity contribution in [2.75, 3.05) is 45.3 Å². The number of nitrogens with one attached hydrogen (secondary N) is 1. The fourth-order valence-corrected chi connectivity index (χ4v) is 3.68. The van der Waals surface area contributed by atoms with Crippen molar-refractivity contribution >= 4 is 16.9 Å². The average Bonchev–Trinajstić information content (AvgIpc) is 2.82. The van der Waals surface area contributed by atoms with Gasteiger partial charge in [-0.3, -0.25) is 4.99 Å². The molecule has 3 heterocycles. The van der Waals surface area contributed by atoms with Crippen molar-refractivity contribution < 1.29 is 14.2 Å². The second-order valence-corrected chi connectivity index (χ2v) is 5.98. The van der Waals surface area contributed by atoms with Gasteiger partial charge in [-0.1, -0.05) is 11.8 Å². The number of ether oxygens (including phenoxy) is 3. The molecule has 1 spiro atoms. The Morgan fingerprint density at radius 1 is 1.22 bits per heavy atom. The third-order valence-electron chi connectivity index (χ3n) is 3.63. The molecule has 0 aliphatic carbocycles. The van der Waals surface area contributed by atoms with Crippen LogP contribution in [0.2, 0.25) is 0 Å². The molecule has 1 atom stereocenters. The summed E-state index contributed by atoms with van der Waals surface area (Å²) in [7, 11) is 0. The van der Waals surface area contributed by atoms with Crippen LogP contribution in [0.4, 0.5) is 0 Å². The molecule has 0 aromatic carbocycles. The van der Waals surface area contributed by atoms with Gasteiger partial charge in [0.05, 0.1) is 31.9 Å². The molecule has 6 heteroatoms. The zero-order valence-electron chi connectivity index (χ0n) is 10.5. The molecule has 0 bridgehead atoms. The maximum atomic E-state index is 5.59. The largest absolute Gasteiger partial charge is 0.381 e. The molecule has 18 heavy (non-hydrogen) atoms. The van der Waals surface area contributed by atoms with Crippen LogP contribution in [0.1, 0.15) is 12.8 Å². The van der Waals surface area contributed by atoms with Gasteiger partial charge in [0.1, 0.15) is 6.10 Å². The van der Waals surface area contributed by atoms with Crippen molar-refractivity contribution in [2.24, 2.45) is 4.99 Å².